The third-order valence-corrected chi connectivity index (χ3v) is 9.58. The van der Waals surface area contributed by atoms with Crippen molar-refractivity contribution in [2.45, 2.75) is 32.1 Å². The average molecular weight is 210 g/mol. The Morgan fingerprint density at radius 2 is 1.91 bits per heavy atom. The van der Waals surface area contributed by atoms with Crippen LogP contribution in [-0.2, 0) is 0 Å². The van der Waals surface area contributed by atoms with E-state index in [1.165, 1.54) is 12.5 Å². The molecule has 0 aliphatic carbocycles. The molecule has 0 rings (SSSR count). The van der Waals surface area contributed by atoms with Gasteiger partial charge in [0.1, 0.15) is 8.24 Å². The second kappa shape index (κ2) is 5.35. The molecule has 0 aromatic carbocycles. The second-order valence-electron chi connectivity index (χ2n) is 3.99. The Labute approximate surface area is 79.1 Å². The summed E-state index contributed by atoms with van der Waals surface area (Å²) in [5.41, 5.74) is 0. The zero-order chi connectivity index (χ0) is 8.91. The van der Waals surface area contributed by atoms with Crippen LogP contribution in [0.25, 0.3) is 0 Å². The highest BCUT2D eigenvalue weighted by Gasteiger charge is 2.18. The Morgan fingerprint density at radius 3 is 2.27 bits per heavy atom. The molecule has 68 valence electrons. The third kappa shape index (κ3) is 5.90. The maximum absolute atomic E-state index is 5.61. The molecule has 0 aromatic rings. The Hall–Kier alpha value is 0.684. The summed E-state index contributed by atoms with van der Waals surface area (Å²) in [5.74, 6) is 0.840. The van der Waals surface area contributed by atoms with Crippen LogP contribution in [0, 0.1) is 0 Å². The van der Waals surface area contributed by atoms with Crippen LogP contribution in [0.3, 0.4) is 0 Å². The minimum absolute atomic E-state index is 0.0311. The van der Waals surface area contributed by atoms with Gasteiger partial charge in [0, 0.05) is 5.88 Å². The first-order valence-electron chi connectivity index (χ1n) is 4.25. The van der Waals surface area contributed by atoms with E-state index >= 15 is 0 Å². The largest absolute Gasteiger partial charge is 0.353 e. The lowest BCUT2D eigenvalue weighted by Gasteiger charge is -2.29. The van der Waals surface area contributed by atoms with Crippen molar-refractivity contribution in [2.75, 3.05) is 12.9 Å². The van der Waals surface area contributed by atoms with Crippen LogP contribution in [0.2, 0.25) is 25.7 Å². The number of nitrogens with zero attached hydrogens (tertiary/aromatic N) is 1. The maximum atomic E-state index is 5.61. The summed E-state index contributed by atoms with van der Waals surface area (Å²) in [7, 11) is 1.36. The van der Waals surface area contributed by atoms with E-state index in [2.05, 4.69) is 30.9 Å². The lowest BCUT2D eigenvalue weighted by atomic mass is 10.6. The van der Waals surface area contributed by atoms with Crippen LogP contribution in [0.1, 0.15) is 6.42 Å². The Bertz CT molecular complexity index is 103. The summed E-state index contributed by atoms with van der Waals surface area (Å²) in [5, 5.41) is 0. The molecule has 0 spiro atoms. The predicted molar refractivity (Wildman–Crippen MR) is 59.8 cm³/mol. The molecule has 0 heterocycles. The monoisotopic (exact) mass is 209 g/mol. The van der Waals surface area contributed by atoms with Gasteiger partial charge in [0.05, 0.1) is 9.68 Å². The van der Waals surface area contributed by atoms with Crippen molar-refractivity contribution in [3.63, 3.8) is 0 Å². The molecule has 0 bridgehead atoms. The fraction of sp³-hybridized carbons (Fsp3) is 1.00. The van der Waals surface area contributed by atoms with Crippen molar-refractivity contribution >= 4 is 29.5 Å². The van der Waals surface area contributed by atoms with Crippen molar-refractivity contribution in [2.24, 2.45) is 0 Å². The van der Waals surface area contributed by atoms with Crippen molar-refractivity contribution in [3.8, 4) is 0 Å². The summed E-state index contributed by atoms with van der Waals surface area (Å²) in [4.78, 5) is 0. The highest BCUT2D eigenvalue weighted by Crippen LogP contribution is 2.06. The van der Waals surface area contributed by atoms with E-state index in [0.29, 0.717) is 0 Å². The maximum Gasteiger partial charge on any atom is 0.111 e. The van der Waals surface area contributed by atoms with Gasteiger partial charge >= 0.3 is 0 Å². The summed E-state index contributed by atoms with van der Waals surface area (Å²) < 4.78 is 2.64. The van der Waals surface area contributed by atoms with Crippen molar-refractivity contribution in [3.05, 3.63) is 0 Å². The lowest BCUT2D eigenvalue weighted by molar-refractivity contribution is 0.787. The smallest absolute Gasteiger partial charge is 0.111 e. The standard InChI is InChI=1S/C7H20ClNSi2/c1-9(11(2,3)4)10-7-5-6-8/h5-7,10H2,1-4H3. The van der Waals surface area contributed by atoms with Gasteiger partial charge in [-0.1, -0.05) is 19.6 Å². The average Bonchev–Trinajstić information content (AvgIpc) is 1.86. The van der Waals surface area contributed by atoms with Gasteiger partial charge < -0.3 is 4.23 Å². The second-order valence-corrected chi connectivity index (χ2v) is 12.2. The first kappa shape index (κ1) is 11.7. The van der Waals surface area contributed by atoms with Gasteiger partial charge in [-0.25, -0.2) is 0 Å². The topological polar surface area (TPSA) is 3.24 Å². The fourth-order valence-corrected chi connectivity index (χ4v) is 5.39. The summed E-state index contributed by atoms with van der Waals surface area (Å²) in [6.45, 7) is 7.21. The van der Waals surface area contributed by atoms with Crippen LogP contribution in [0.4, 0.5) is 0 Å². The van der Waals surface area contributed by atoms with Gasteiger partial charge in [-0.3, -0.25) is 0 Å². The van der Waals surface area contributed by atoms with E-state index in [1.807, 2.05) is 0 Å². The summed E-state index contributed by atoms with van der Waals surface area (Å²) in [6, 6.07) is 1.38. The molecule has 0 fully saturated rings. The molecular weight excluding hydrogens is 190 g/mol. The molecule has 0 saturated heterocycles. The third-order valence-electron chi connectivity index (χ3n) is 2.02. The number of halogens is 1. The Kier molecular flexibility index (Phi) is 5.68. The fourth-order valence-electron chi connectivity index (χ4n) is 0.779. The lowest BCUT2D eigenvalue weighted by Crippen LogP contribution is -2.45. The van der Waals surface area contributed by atoms with E-state index in [0.717, 1.165) is 5.88 Å². The molecule has 0 amide bonds. The molecule has 0 N–H and O–H groups in total. The molecule has 0 unspecified atom stereocenters. The minimum Gasteiger partial charge on any atom is -0.353 e. The van der Waals surface area contributed by atoms with Gasteiger partial charge in [-0.15, -0.1) is 11.6 Å². The Balaban J connectivity index is 3.44. The minimum atomic E-state index is -0.959. The number of rotatable bonds is 5. The molecule has 0 aliphatic heterocycles. The van der Waals surface area contributed by atoms with Crippen LogP contribution < -0.4 is 0 Å². The highest BCUT2D eigenvalue weighted by molar-refractivity contribution is 6.78. The highest BCUT2D eigenvalue weighted by atomic mass is 35.5. The number of hydrogen-bond donors (Lipinski definition) is 0. The van der Waals surface area contributed by atoms with Crippen LogP contribution >= 0.6 is 11.6 Å². The quantitative estimate of drug-likeness (QED) is 0.380. The molecule has 1 nitrogen and oxygen atoms in total. The molecular formula is C7H20ClNSi2. The molecule has 0 aromatic heterocycles. The van der Waals surface area contributed by atoms with Crippen LogP contribution in [0.15, 0.2) is 0 Å². The molecule has 0 radical (unpaired) electrons. The SMILES string of the molecule is CN([SiH2]CCCCl)[Si](C)(C)C. The zero-order valence-corrected chi connectivity index (χ0v) is 11.3. The molecule has 0 aliphatic rings. The van der Waals surface area contributed by atoms with Gasteiger partial charge in [-0.2, -0.15) is 0 Å². The van der Waals surface area contributed by atoms with E-state index in [1.54, 1.807) is 0 Å². The van der Waals surface area contributed by atoms with Crippen molar-refractivity contribution in [1.29, 1.82) is 0 Å². The van der Waals surface area contributed by atoms with Crippen LogP contribution in [0.5, 0.6) is 0 Å². The molecule has 0 saturated carbocycles. The van der Waals surface area contributed by atoms with E-state index in [9.17, 15) is 0 Å². The van der Waals surface area contributed by atoms with E-state index in [-0.39, 0.29) is 9.68 Å². The predicted octanol–water partition coefficient (Wildman–Crippen LogP) is 1.88. The van der Waals surface area contributed by atoms with Crippen molar-refractivity contribution < 1.29 is 0 Å². The molecule has 0 atom stereocenters. The Morgan fingerprint density at radius 1 is 1.36 bits per heavy atom. The number of alkyl halides is 1. The van der Waals surface area contributed by atoms with Gasteiger partial charge in [0.2, 0.25) is 0 Å². The number of hydrogen-bond acceptors (Lipinski definition) is 1. The zero-order valence-electron chi connectivity index (χ0n) is 8.15. The molecule has 11 heavy (non-hydrogen) atoms. The van der Waals surface area contributed by atoms with Gasteiger partial charge in [0.25, 0.3) is 0 Å². The molecule has 4 heteroatoms. The first-order chi connectivity index (χ1) is 4.98. The van der Waals surface area contributed by atoms with Crippen molar-refractivity contribution in [1.82, 2.24) is 4.23 Å². The normalized spacial score (nSPS) is 13.6. The summed E-state index contributed by atoms with van der Waals surface area (Å²) in [6.07, 6.45) is 1.21. The van der Waals surface area contributed by atoms with Gasteiger partial charge in [0.15, 0.2) is 0 Å². The van der Waals surface area contributed by atoms with Gasteiger partial charge in [-0.05, 0) is 19.5 Å². The first-order valence-corrected chi connectivity index (χ1v) is 9.87. The van der Waals surface area contributed by atoms with E-state index < -0.39 is 8.24 Å². The van der Waals surface area contributed by atoms with E-state index in [4.69, 9.17) is 11.6 Å². The van der Waals surface area contributed by atoms with Crippen LogP contribution in [-0.4, -0.2) is 35.1 Å². The summed E-state index contributed by atoms with van der Waals surface area (Å²) >= 11 is 5.61.